The molecule has 0 radical (unpaired) electrons. The molecule has 0 aromatic heterocycles. The summed E-state index contributed by atoms with van der Waals surface area (Å²) in [4.78, 5) is 6.75. The first-order valence-electron chi connectivity index (χ1n) is 7.25. The van der Waals surface area contributed by atoms with Crippen LogP contribution >= 0.6 is 0 Å². The molecule has 0 saturated carbocycles. The fraction of sp³-hybridized carbons (Fsp3) is 0.923. The molecule has 6 heteroatoms. The van der Waals surface area contributed by atoms with Crippen LogP contribution in [0.5, 0.6) is 0 Å². The molecule has 6 nitrogen and oxygen atoms in total. The molecule has 0 aliphatic carbocycles. The van der Waals surface area contributed by atoms with Gasteiger partial charge in [-0.15, -0.1) is 0 Å². The maximum absolute atomic E-state index is 5.47. The second-order valence-electron chi connectivity index (χ2n) is 4.46. The third-order valence-electron chi connectivity index (χ3n) is 2.87. The van der Waals surface area contributed by atoms with Crippen LogP contribution in [0.15, 0.2) is 4.99 Å². The SMILES string of the molecule is CCOCCCN=C(NN)NC(C)CN(CC)CC. The van der Waals surface area contributed by atoms with Gasteiger partial charge in [0.2, 0.25) is 5.96 Å². The molecule has 0 saturated heterocycles. The smallest absolute Gasteiger partial charge is 0.205 e. The van der Waals surface area contributed by atoms with Crippen molar-refractivity contribution >= 4 is 5.96 Å². The van der Waals surface area contributed by atoms with Gasteiger partial charge in [0.15, 0.2) is 0 Å². The Morgan fingerprint density at radius 1 is 1.32 bits per heavy atom. The molecular weight excluding hydrogens is 242 g/mol. The van der Waals surface area contributed by atoms with Crippen molar-refractivity contribution in [3.63, 3.8) is 0 Å². The van der Waals surface area contributed by atoms with Crippen molar-refractivity contribution in [1.82, 2.24) is 15.6 Å². The normalized spacial score (nSPS) is 13.7. The molecule has 0 aromatic rings. The third kappa shape index (κ3) is 9.69. The maximum Gasteiger partial charge on any atom is 0.205 e. The third-order valence-corrected chi connectivity index (χ3v) is 2.87. The zero-order valence-electron chi connectivity index (χ0n) is 12.9. The molecule has 0 bridgehead atoms. The minimum absolute atomic E-state index is 0.307. The van der Waals surface area contributed by atoms with E-state index >= 15 is 0 Å². The highest BCUT2D eigenvalue weighted by Gasteiger charge is 2.08. The molecule has 0 aromatic carbocycles. The Morgan fingerprint density at radius 3 is 2.53 bits per heavy atom. The van der Waals surface area contributed by atoms with Gasteiger partial charge in [-0.2, -0.15) is 0 Å². The van der Waals surface area contributed by atoms with E-state index in [0.717, 1.165) is 39.3 Å². The highest BCUT2D eigenvalue weighted by molar-refractivity contribution is 5.79. The Balaban J connectivity index is 3.98. The number of nitrogens with two attached hydrogens (primary N) is 1. The predicted octanol–water partition coefficient (Wildman–Crippen LogP) is 0.552. The Hall–Kier alpha value is -0.850. The first-order chi connectivity index (χ1) is 9.17. The molecule has 0 spiro atoms. The summed E-state index contributed by atoms with van der Waals surface area (Å²) in [5.74, 6) is 6.12. The van der Waals surface area contributed by atoms with Gasteiger partial charge in [-0.1, -0.05) is 13.8 Å². The van der Waals surface area contributed by atoms with Crippen LogP contribution in [0.25, 0.3) is 0 Å². The van der Waals surface area contributed by atoms with Crippen LogP contribution in [0.3, 0.4) is 0 Å². The van der Waals surface area contributed by atoms with Crippen molar-refractivity contribution in [1.29, 1.82) is 0 Å². The molecule has 4 N–H and O–H groups in total. The zero-order valence-corrected chi connectivity index (χ0v) is 12.9. The Bertz CT molecular complexity index is 231. The summed E-state index contributed by atoms with van der Waals surface area (Å²) in [5, 5.41) is 3.29. The van der Waals surface area contributed by atoms with E-state index in [0.29, 0.717) is 18.5 Å². The predicted molar refractivity (Wildman–Crippen MR) is 81.1 cm³/mol. The van der Waals surface area contributed by atoms with Gasteiger partial charge in [-0.05, 0) is 33.4 Å². The number of nitrogens with one attached hydrogen (secondary N) is 2. The summed E-state index contributed by atoms with van der Waals surface area (Å²) in [6, 6.07) is 0.307. The van der Waals surface area contributed by atoms with E-state index < -0.39 is 0 Å². The van der Waals surface area contributed by atoms with E-state index in [2.05, 4.69) is 41.4 Å². The van der Waals surface area contributed by atoms with Gasteiger partial charge in [0, 0.05) is 32.3 Å². The fourth-order valence-corrected chi connectivity index (χ4v) is 1.78. The summed E-state index contributed by atoms with van der Waals surface area (Å²) >= 11 is 0. The van der Waals surface area contributed by atoms with Crippen LogP contribution in [0.2, 0.25) is 0 Å². The summed E-state index contributed by atoms with van der Waals surface area (Å²) in [7, 11) is 0. The van der Waals surface area contributed by atoms with E-state index in [1.165, 1.54) is 0 Å². The molecule has 1 unspecified atom stereocenters. The standard InChI is InChI=1S/C13H31N5O/c1-5-18(6-2)11-12(4)16-13(17-14)15-9-8-10-19-7-3/h12H,5-11,14H2,1-4H3,(H2,15,16,17). The van der Waals surface area contributed by atoms with E-state index in [-0.39, 0.29) is 0 Å². The lowest BCUT2D eigenvalue weighted by atomic mass is 10.3. The number of nitrogens with zero attached hydrogens (tertiary/aromatic N) is 2. The zero-order chi connectivity index (χ0) is 14.5. The molecule has 1 atom stereocenters. The number of rotatable bonds is 10. The number of hydrazine groups is 1. The molecule has 0 fully saturated rings. The second-order valence-corrected chi connectivity index (χ2v) is 4.46. The van der Waals surface area contributed by atoms with Crippen LogP contribution in [0.1, 0.15) is 34.1 Å². The van der Waals surface area contributed by atoms with E-state index in [1.54, 1.807) is 0 Å². The fourth-order valence-electron chi connectivity index (χ4n) is 1.78. The monoisotopic (exact) mass is 273 g/mol. The number of hydrogen-bond donors (Lipinski definition) is 3. The number of likely N-dealkylation sites (N-methyl/N-ethyl adjacent to an activating group) is 1. The van der Waals surface area contributed by atoms with Gasteiger partial charge >= 0.3 is 0 Å². The van der Waals surface area contributed by atoms with Gasteiger partial charge in [-0.25, -0.2) is 5.84 Å². The molecule has 114 valence electrons. The van der Waals surface area contributed by atoms with Gasteiger partial charge in [0.05, 0.1) is 0 Å². The summed E-state index contributed by atoms with van der Waals surface area (Å²) < 4.78 is 5.26. The van der Waals surface area contributed by atoms with Crippen molar-refractivity contribution in [2.75, 3.05) is 39.4 Å². The van der Waals surface area contributed by atoms with Crippen LogP contribution in [-0.4, -0.2) is 56.3 Å². The van der Waals surface area contributed by atoms with E-state index in [4.69, 9.17) is 10.6 Å². The van der Waals surface area contributed by atoms with Crippen LogP contribution in [0.4, 0.5) is 0 Å². The molecule has 0 aliphatic rings. The largest absolute Gasteiger partial charge is 0.382 e. The van der Waals surface area contributed by atoms with Crippen molar-refractivity contribution in [2.24, 2.45) is 10.8 Å². The topological polar surface area (TPSA) is 74.9 Å². The van der Waals surface area contributed by atoms with Gasteiger partial charge in [-0.3, -0.25) is 10.4 Å². The highest BCUT2D eigenvalue weighted by Crippen LogP contribution is 1.92. The highest BCUT2D eigenvalue weighted by atomic mass is 16.5. The lowest BCUT2D eigenvalue weighted by molar-refractivity contribution is 0.146. The molecule has 0 heterocycles. The second kappa shape index (κ2) is 12.2. The average molecular weight is 273 g/mol. The van der Waals surface area contributed by atoms with Crippen molar-refractivity contribution < 1.29 is 4.74 Å². The first-order valence-corrected chi connectivity index (χ1v) is 7.25. The van der Waals surface area contributed by atoms with Crippen molar-refractivity contribution in [3.8, 4) is 0 Å². The number of hydrogen-bond acceptors (Lipinski definition) is 4. The minimum atomic E-state index is 0.307. The van der Waals surface area contributed by atoms with E-state index in [1.807, 2.05) is 6.92 Å². The Labute approximate surface area is 117 Å². The van der Waals surface area contributed by atoms with Crippen molar-refractivity contribution in [2.45, 2.75) is 40.2 Å². The van der Waals surface area contributed by atoms with Gasteiger partial charge in [0.25, 0.3) is 0 Å². The van der Waals surface area contributed by atoms with Crippen LogP contribution in [0, 0.1) is 0 Å². The van der Waals surface area contributed by atoms with Crippen LogP contribution < -0.4 is 16.6 Å². The first kappa shape index (κ1) is 18.1. The van der Waals surface area contributed by atoms with E-state index in [9.17, 15) is 0 Å². The average Bonchev–Trinajstić information content (AvgIpc) is 2.43. The molecular formula is C13H31N5O. The number of guanidine groups is 1. The lowest BCUT2D eigenvalue weighted by Crippen LogP contribution is -2.49. The molecule has 19 heavy (non-hydrogen) atoms. The quantitative estimate of drug-likeness (QED) is 0.178. The van der Waals surface area contributed by atoms with Gasteiger partial charge in [0.1, 0.15) is 0 Å². The number of aliphatic imine (C=N–C) groups is 1. The lowest BCUT2D eigenvalue weighted by Gasteiger charge is -2.24. The summed E-state index contributed by atoms with van der Waals surface area (Å²) in [6.07, 6.45) is 0.908. The summed E-state index contributed by atoms with van der Waals surface area (Å²) in [6.45, 7) is 13.8. The molecule has 0 amide bonds. The molecule has 0 rings (SSSR count). The van der Waals surface area contributed by atoms with Crippen LogP contribution in [-0.2, 0) is 4.74 Å². The maximum atomic E-state index is 5.47. The van der Waals surface area contributed by atoms with Crippen molar-refractivity contribution in [3.05, 3.63) is 0 Å². The Morgan fingerprint density at radius 2 is 2.00 bits per heavy atom. The number of ether oxygens (including phenoxy) is 1. The summed E-state index contributed by atoms with van der Waals surface area (Å²) in [5.41, 5.74) is 2.61. The Kier molecular flexibility index (Phi) is 11.7. The minimum Gasteiger partial charge on any atom is -0.382 e. The molecule has 0 aliphatic heterocycles. The van der Waals surface area contributed by atoms with Gasteiger partial charge < -0.3 is 15.0 Å².